The fourth-order valence-electron chi connectivity index (χ4n) is 5.17. The Morgan fingerprint density at radius 2 is 1.75 bits per heavy atom. The summed E-state index contributed by atoms with van der Waals surface area (Å²) in [4.78, 5) is 10.7. The minimum absolute atomic E-state index is 0.130. The Hall–Kier alpha value is -3.16. The van der Waals surface area contributed by atoms with Crippen LogP contribution in [0.25, 0.3) is 22.4 Å². The van der Waals surface area contributed by atoms with E-state index in [1.165, 1.54) is 0 Å². The molecule has 0 spiro atoms. The number of hydrogen-bond acceptors (Lipinski definition) is 5. The van der Waals surface area contributed by atoms with Crippen LogP contribution in [-0.4, -0.2) is 52.9 Å². The third-order valence-electron chi connectivity index (χ3n) is 7.01. The van der Waals surface area contributed by atoms with Crippen molar-refractivity contribution in [1.29, 1.82) is 0 Å². The topological polar surface area (TPSA) is 93.8 Å². The zero-order valence-electron chi connectivity index (χ0n) is 20.9. The van der Waals surface area contributed by atoms with Crippen LogP contribution in [0.2, 0.25) is 0 Å². The lowest BCUT2D eigenvalue weighted by Gasteiger charge is -2.28. The third kappa shape index (κ3) is 6.53. The van der Waals surface area contributed by atoms with Crippen molar-refractivity contribution in [3.05, 3.63) is 60.3 Å². The number of aliphatic carboxylic acids is 1. The Balaban J connectivity index is 1.62. The Morgan fingerprint density at radius 1 is 1.03 bits per heavy atom. The summed E-state index contributed by atoms with van der Waals surface area (Å²) in [5, 5.41) is 23.6. The first-order chi connectivity index (χ1) is 17.6. The van der Waals surface area contributed by atoms with Gasteiger partial charge in [-0.15, -0.1) is 0 Å². The number of carbonyl (C=O) groups is 1. The van der Waals surface area contributed by atoms with E-state index in [4.69, 9.17) is 19.7 Å². The summed E-state index contributed by atoms with van der Waals surface area (Å²) < 4.78 is 13.0. The first-order valence-corrected chi connectivity index (χ1v) is 12.8. The van der Waals surface area contributed by atoms with Gasteiger partial charge < -0.3 is 19.7 Å². The second kappa shape index (κ2) is 12.7. The van der Waals surface area contributed by atoms with Gasteiger partial charge >= 0.3 is 5.97 Å². The molecule has 2 aromatic carbocycles. The molecule has 1 fully saturated rings. The van der Waals surface area contributed by atoms with Crippen molar-refractivity contribution in [2.45, 2.75) is 45.1 Å². The maximum absolute atomic E-state index is 10.7. The zero-order chi connectivity index (χ0) is 25.3. The van der Waals surface area contributed by atoms with Crippen LogP contribution in [0.15, 0.2) is 54.6 Å². The molecular weight excluding hydrogens is 456 g/mol. The largest absolute Gasteiger partial charge is 0.497 e. The van der Waals surface area contributed by atoms with E-state index in [-0.39, 0.29) is 13.2 Å². The molecule has 7 heteroatoms. The molecule has 0 bridgehead atoms. The van der Waals surface area contributed by atoms with Crippen LogP contribution in [0.4, 0.5) is 0 Å². The molecule has 3 aromatic rings. The number of nitrogens with zero attached hydrogens (tertiary/aromatic N) is 2. The molecule has 0 aliphatic heterocycles. The Bertz CT molecular complexity index is 1120. The average Bonchev–Trinajstić information content (AvgIpc) is 3.26. The molecule has 0 saturated heterocycles. The van der Waals surface area contributed by atoms with E-state index in [1.807, 2.05) is 30.3 Å². The maximum Gasteiger partial charge on any atom is 0.329 e. The number of carboxylic acid groups (broad SMARTS) is 1. The van der Waals surface area contributed by atoms with Gasteiger partial charge in [-0.3, -0.25) is 4.68 Å². The normalized spacial score (nSPS) is 17.7. The number of carboxylic acids is 1. The van der Waals surface area contributed by atoms with Crippen LogP contribution in [0, 0.1) is 11.8 Å². The van der Waals surface area contributed by atoms with Gasteiger partial charge in [-0.1, -0.05) is 42.5 Å². The summed E-state index contributed by atoms with van der Waals surface area (Å²) in [6.07, 6.45) is 5.61. The molecule has 1 aromatic heterocycles. The molecule has 1 aliphatic rings. The molecular formula is C29H36N2O5. The number of rotatable bonds is 12. The van der Waals surface area contributed by atoms with Crippen LogP contribution < -0.4 is 4.74 Å². The molecule has 4 rings (SSSR count). The summed E-state index contributed by atoms with van der Waals surface area (Å²) in [7, 11) is 1.68. The number of aromatic nitrogens is 2. The number of benzene rings is 2. The lowest BCUT2D eigenvalue weighted by molar-refractivity contribution is -0.142. The Kier molecular flexibility index (Phi) is 9.14. The molecule has 0 unspecified atom stereocenters. The monoisotopic (exact) mass is 492 g/mol. The molecule has 0 atom stereocenters. The van der Waals surface area contributed by atoms with Crippen molar-refractivity contribution >= 4 is 5.97 Å². The van der Waals surface area contributed by atoms with Crippen LogP contribution >= 0.6 is 0 Å². The highest BCUT2D eigenvalue weighted by molar-refractivity contribution is 5.83. The molecule has 1 saturated carbocycles. The van der Waals surface area contributed by atoms with Crippen molar-refractivity contribution in [1.82, 2.24) is 9.78 Å². The lowest BCUT2D eigenvalue weighted by Crippen LogP contribution is -2.24. The van der Waals surface area contributed by atoms with Gasteiger partial charge in [0.25, 0.3) is 0 Å². The van der Waals surface area contributed by atoms with Gasteiger partial charge in [0.05, 0.1) is 13.7 Å². The van der Waals surface area contributed by atoms with E-state index in [0.717, 1.165) is 72.5 Å². The van der Waals surface area contributed by atoms with Gasteiger partial charge in [0.2, 0.25) is 0 Å². The molecule has 0 amide bonds. The quantitative estimate of drug-likeness (QED) is 0.367. The molecule has 192 valence electrons. The predicted molar refractivity (Wildman–Crippen MR) is 139 cm³/mol. The fourth-order valence-corrected chi connectivity index (χ4v) is 5.17. The third-order valence-corrected chi connectivity index (χ3v) is 7.01. The van der Waals surface area contributed by atoms with Gasteiger partial charge in [-0.05, 0) is 68.1 Å². The lowest BCUT2D eigenvalue weighted by atomic mass is 9.82. The smallest absolute Gasteiger partial charge is 0.329 e. The van der Waals surface area contributed by atoms with Crippen molar-refractivity contribution in [2.24, 2.45) is 11.8 Å². The summed E-state index contributed by atoms with van der Waals surface area (Å²) in [6, 6.07) is 18.4. The Labute approximate surface area is 212 Å². The number of aliphatic hydroxyl groups excluding tert-OH is 1. The van der Waals surface area contributed by atoms with Crippen molar-refractivity contribution in [3.63, 3.8) is 0 Å². The second-order valence-electron chi connectivity index (χ2n) is 9.57. The predicted octanol–water partition coefficient (Wildman–Crippen LogP) is 5.06. The van der Waals surface area contributed by atoms with Crippen LogP contribution in [0.3, 0.4) is 0 Å². The van der Waals surface area contributed by atoms with E-state index >= 15 is 0 Å². The van der Waals surface area contributed by atoms with Crippen molar-refractivity contribution in [3.8, 4) is 28.1 Å². The zero-order valence-corrected chi connectivity index (χ0v) is 20.9. The van der Waals surface area contributed by atoms with E-state index in [2.05, 4.69) is 28.9 Å². The minimum Gasteiger partial charge on any atom is -0.497 e. The van der Waals surface area contributed by atoms with Gasteiger partial charge in [0.15, 0.2) is 0 Å². The highest BCUT2D eigenvalue weighted by atomic mass is 16.5. The highest BCUT2D eigenvalue weighted by Gasteiger charge is 2.26. The van der Waals surface area contributed by atoms with Crippen molar-refractivity contribution < 1.29 is 24.5 Å². The van der Waals surface area contributed by atoms with Gasteiger partial charge in [0.1, 0.15) is 18.1 Å². The van der Waals surface area contributed by atoms with E-state index in [1.54, 1.807) is 7.11 Å². The van der Waals surface area contributed by atoms with Crippen molar-refractivity contribution in [2.75, 3.05) is 26.9 Å². The maximum atomic E-state index is 10.7. The molecule has 7 nitrogen and oxygen atoms in total. The van der Waals surface area contributed by atoms with E-state index < -0.39 is 5.97 Å². The summed E-state index contributed by atoms with van der Waals surface area (Å²) in [5.74, 6) is 0.796. The minimum atomic E-state index is -0.918. The molecule has 0 radical (unpaired) electrons. The number of ether oxygens (including phenoxy) is 2. The molecule has 1 heterocycles. The van der Waals surface area contributed by atoms with Crippen LogP contribution in [0.5, 0.6) is 5.75 Å². The molecule has 2 N–H and O–H groups in total. The van der Waals surface area contributed by atoms with Gasteiger partial charge in [-0.2, -0.15) is 5.10 Å². The second-order valence-corrected chi connectivity index (χ2v) is 9.57. The molecule has 36 heavy (non-hydrogen) atoms. The van der Waals surface area contributed by atoms with Gasteiger partial charge in [-0.25, -0.2) is 4.79 Å². The number of hydrogen-bond donors (Lipinski definition) is 2. The summed E-state index contributed by atoms with van der Waals surface area (Å²) in [5.41, 5.74) is 5.32. The highest BCUT2D eigenvalue weighted by Crippen LogP contribution is 2.38. The standard InChI is InChI=1S/C29H36N2O5/c1-35-25-10-5-9-24(17-25)28-26(11-6-16-32)31(30-29(28)23-7-3-2-4-8-23)18-21-12-14-22(15-13-21)19-36-20-27(33)34/h2-5,7-10,17,21-22,32H,6,11-16,18-20H2,1H3,(H,33,34)/t21-,22-. The van der Waals surface area contributed by atoms with Gasteiger partial charge in [0, 0.05) is 30.0 Å². The average molecular weight is 493 g/mol. The SMILES string of the molecule is COc1cccc(-c2c(-c3ccccc3)nn(C[C@H]3CC[C@H](COCC(=O)O)CC3)c2CCCO)c1. The number of methoxy groups -OCH3 is 1. The summed E-state index contributed by atoms with van der Waals surface area (Å²) in [6.45, 7) is 1.25. The molecule has 1 aliphatic carbocycles. The Morgan fingerprint density at radius 3 is 2.44 bits per heavy atom. The summed E-state index contributed by atoms with van der Waals surface area (Å²) >= 11 is 0. The van der Waals surface area contributed by atoms with E-state index in [0.29, 0.717) is 24.9 Å². The van der Waals surface area contributed by atoms with Crippen LogP contribution in [0.1, 0.15) is 37.8 Å². The first-order valence-electron chi connectivity index (χ1n) is 12.8. The van der Waals surface area contributed by atoms with E-state index in [9.17, 15) is 9.90 Å². The van der Waals surface area contributed by atoms with Crippen LogP contribution in [-0.2, 0) is 22.5 Å². The number of aliphatic hydroxyl groups is 1. The first kappa shape index (κ1) is 25.9. The fraction of sp³-hybridized carbons (Fsp3) is 0.448.